The lowest BCUT2D eigenvalue weighted by molar-refractivity contribution is 0.0701. The molecule has 1 heterocycles. The Bertz CT molecular complexity index is 667. The van der Waals surface area contributed by atoms with Gasteiger partial charge in [0.25, 0.3) is 5.91 Å². The van der Waals surface area contributed by atoms with Gasteiger partial charge in [-0.3, -0.25) is 4.79 Å². The summed E-state index contributed by atoms with van der Waals surface area (Å²) in [4.78, 5) is 27.1. The van der Waals surface area contributed by atoms with E-state index < -0.39 is 5.97 Å². The van der Waals surface area contributed by atoms with Crippen LogP contribution in [0.1, 0.15) is 30.7 Å². The Labute approximate surface area is 119 Å². The first kappa shape index (κ1) is 14.0. The number of hydrogen-bond acceptors (Lipinski definition) is 5. The van der Waals surface area contributed by atoms with Gasteiger partial charge >= 0.3 is 5.97 Å². The summed E-state index contributed by atoms with van der Waals surface area (Å²) in [6, 6.07) is 6.74. The number of hydrogen-bond donors (Lipinski definition) is 3. The number of nitrogen functional groups attached to an aromatic ring is 1. The SMILES string of the molecule is Cc1nc(CNC(=O)c2ccccc2N)sc1C(=O)O. The number of para-hydroxylation sites is 1. The van der Waals surface area contributed by atoms with Crippen LogP contribution < -0.4 is 11.1 Å². The van der Waals surface area contributed by atoms with Gasteiger partial charge < -0.3 is 16.2 Å². The van der Waals surface area contributed by atoms with Gasteiger partial charge in [0.15, 0.2) is 0 Å². The molecule has 0 spiro atoms. The fourth-order valence-electron chi connectivity index (χ4n) is 1.68. The standard InChI is InChI=1S/C13H13N3O3S/c1-7-11(13(18)19)20-10(16-7)6-15-12(17)8-4-2-3-5-9(8)14/h2-5H,6,14H2,1H3,(H,15,17)(H,18,19). The minimum absolute atomic E-state index is 0.173. The number of rotatable bonds is 4. The highest BCUT2D eigenvalue weighted by atomic mass is 32.1. The van der Waals surface area contributed by atoms with Crippen LogP contribution in [0.25, 0.3) is 0 Å². The lowest BCUT2D eigenvalue weighted by Crippen LogP contribution is -2.23. The number of aryl methyl sites for hydroxylation is 1. The van der Waals surface area contributed by atoms with E-state index in [4.69, 9.17) is 10.8 Å². The van der Waals surface area contributed by atoms with E-state index >= 15 is 0 Å². The van der Waals surface area contributed by atoms with Crippen molar-refractivity contribution in [1.82, 2.24) is 10.3 Å². The lowest BCUT2D eigenvalue weighted by Gasteiger charge is -2.05. The first-order chi connectivity index (χ1) is 9.49. The summed E-state index contributed by atoms with van der Waals surface area (Å²) in [7, 11) is 0. The fraction of sp³-hybridized carbons (Fsp3) is 0.154. The van der Waals surface area contributed by atoms with Crippen LogP contribution in [0.4, 0.5) is 5.69 Å². The molecule has 0 saturated heterocycles. The van der Waals surface area contributed by atoms with Crippen LogP contribution in [0.2, 0.25) is 0 Å². The second-order valence-corrected chi connectivity index (χ2v) is 5.18. The third-order valence-corrected chi connectivity index (χ3v) is 3.79. The van der Waals surface area contributed by atoms with Gasteiger partial charge in [-0.2, -0.15) is 0 Å². The maximum absolute atomic E-state index is 11.9. The Hall–Kier alpha value is -2.41. The average molecular weight is 291 g/mol. The van der Waals surface area contributed by atoms with E-state index in [9.17, 15) is 9.59 Å². The minimum Gasteiger partial charge on any atom is -0.477 e. The maximum atomic E-state index is 11.9. The molecule has 4 N–H and O–H groups in total. The monoisotopic (exact) mass is 291 g/mol. The highest BCUT2D eigenvalue weighted by molar-refractivity contribution is 7.13. The molecule has 6 nitrogen and oxygen atoms in total. The number of nitrogens with zero attached hydrogens (tertiary/aromatic N) is 1. The molecule has 0 radical (unpaired) electrons. The smallest absolute Gasteiger partial charge is 0.347 e. The Balaban J connectivity index is 2.06. The molecule has 20 heavy (non-hydrogen) atoms. The normalized spacial score (nSPS) is 10.2. The van der Waals surface area contributed by atoms with E-state index in [0.29, 0.717) is 22.0 Å². The summed E-state index contributed by atoms with van der Waals surface area (Å²) < 4.78 is 0. The molecule has 2 aromatic rings. The Morgan fingerprint density at radius 2 is 2.10 bits per heavy atom. The first-order valence-electron chi connectivity index (χ1n) is 5.81. The van der Waals surface area contributed by atoms with E-state index in [1.165, 1.54) is 0 Å². The van der Waals surface area contributed by atoms with Crippen LogP contribution in [0.5, 0.6) is 0 Å². The summed E-state index contributed by atoms with van der Waals surface area (Å²) in [5, 5.41) is 12.2. The molecule has 0 aliphatic rings. The number of carboxylic acid groups (broad SMARTS) is 1. The van der Waals surface area contributed by atoms with Crippen LogP contribution in [0.15, 0.2) is 24.3 Å². The second-order valence-electron chi connectivity index (χ2n) is 4.10. The molecule has 1 aromatic heterocycles. The number of thiazole rings is 1. The molecular weight excluding hydrogens is 278 g/mol. The van der Waals surface area contributed by atoms with E-state index in [1.54, 1.807) is 31.2 Å². The predicted octanol–water partition coefficient (Wildman–Crippen LogP) is 1.66. The topological polar surface area (TPSA) is 105 Å². The molecular formula is C13H13N3O3S. The summed E-state index contributed by atoms with van der Waals surface area (Å²) >= 11 is 1.05. The van der Waals surface area contributed by atoms with E-state index in [2.05, 4.69) is 10.3 Å². The molecule has 0 bridgehead atoms. The molecule has 0 aliphatic heterocycles. The Kier molecular flexibility index (Phi) is 3.99. The molecule has 104 valence electrons. The van der Waals surface area contributed by atoms with Gasteiger partial charge in [-0.1, -0.05) is 12.1 Å². The molecule has 1 aromatic carbocycles. The third-order valence-electron chi connectivity index (χ3n) is 2.64. The van der Waals surface area contributed by atoms with E-state index in [0.717, 1.165) is 11.3 Å². The zero-order chi connectivity index (χ0) is 14.7. The van der Waals surface area contributed by atoms with Crippen LogP contribution in [-0.2, 0) is 6.54 Å². The summed E-state index contributed by atoms with van der Waals surface area (Å²) in [5.74, 6) is -1.32. The number of aromatic carboxylic acids is 1. The number of anilines is 1. The predicted molar refractivity (Wildman–Crippen MR) is 75.8 cm³/mol. The summed E-state index contributed by atoms with van der Waals surface area (Å²) in [6.07, 6.45) is 0. The zero-order valence-corrected chi connectivity index (χ0v) is 11.5. The molecule has 0 fully saturated rings. The molecule has 0 atom stereocenters. The fourth-order valence-corrected chi connectivity index (χ4v) is 2.52. The van der Waals surface area contributed by atoms with Gasteiger partial charge in [0.1, 0.15) is 9.88 Å². The largest absolute Gasteiger partial charge is 0.477 e. The zero-order valence-electron chi connectivity index (χ0n) is 10.7. The quantitative estimate of drug-likeness (QED) is 0.743. The van der Waals surface area contributed by atoms with Crippen LogP contribution >= 0.6 is 11.3 Å². The van der Waals surface area contributed by atoms with E-state index in [-0.39, 0.29) is 17.3 Å². The van der Waals surface area contributed by atoms with Crippen molar-refractivity contribution in [1.29, 1.82) is 0 Å². The Morgan fingerprint density at radius 1 is 1.40 bits per heavy atom. The average Bonchev–Trinajstić information content (AvgIpc) is 2.78. The van der Waals surface area contributed by atoms with Crippen molar-refractivity contribution in [3.05, 3.63) is 45.4 Å². The van der Waals surface area contributed by atoms with Crippen molar-refractivity contribution in [3.8, 4) is 0 Å². The van der Waals surface area contributed by atoms with Crippen molar-refractivity contribution < 1.29 is 14.7 Å². The second kappa shape index (κ2) is 5.70. The van der Waals surface area contributed by atoms with Gasteiger partial charge in [-0.25, -0.2) is 9.78 Å². The Morgan fingerprint density at radius 3 is 2.70 bits per heavy atom. The van der Waals surface area contributed by atoms with Gasteiger partial charge in [0.2, 0.25) is 0 Å². The number of amides is 1. The molecule has 0 aliphatic carbocycles. The van der Waals surface area contributed by atoms with Gasteiger partial charge in [0, 0.05) is 5.69 Å². The number of carbonyl (C=O) groups excluding carboxylic acids is 1. The molecule has 7 heteroatoms. The van der Waals surface area contributed by atoms with Crippen LogP contribution in [-0.4, -0.2) is 22.0 Å². The first-order valence-corrected chi connectivity index (χ1v) is 6.63. The minimum atomic E-state index is -1.01. The highest BCUT2D eigenvalue weighted by Gasteiger charge is 2.15. The van der Waals surface area contributed by atoms with Crippen LogP contribution in [0.3, 0.4) is 0 Å². The molecule has 1 amide bonds. The van der Waals surface area contributed by atoms with Crippen molar-refractivity contribution in [2.45, 2.75) is 13.5 Å². The molecule has 0 unspecified atom stereocenters. The molecule has 0 saturated carbocycles. The number of nitrogens with one attached hydrogen (secondary N) is 1. The van der Waals surface area contributed by atoms with Crippen molar-refractivity contribution in [2.24, 2.45) is 0 Å². The number of aromatic nitrogens is 1. The van der Waals surface area contributed by atoms with Gasteiger partial charge in [0.05, 0.1) is 17.8 Å². The van der Waals surface area contributed by atoms with Crippen molar-refractivity contribution in [2.75, 3.05) is 5.73 Å². The number of carboxylic acids is 1. The van der Waals surface area contributed by atoms with Gasteiger partial charge in [-0.15, -0.1) is 11.3 Å². The molecule has 2 rings (SSSR count). The van der Waals surface area contributed by atoms with Crippen molar-refractivity contribution >= 4 is 28.9 Å². The number of carbonyl (C=O) groups is 2. The number of nitrogens with two attached hydrogens (primary N) is 1. The van der Waals surface area contributed by atoms with Crippen molar-refractivity contribution in [3.63, 3.8) is 0 Å². The highest BCUT2D eigenvalue weighted by Crippen LogP contribution is 2.18. The third kappa shape index (κ3) is 2.94. The van der Waals surface area contributed by atoms with Gasteiger partial charge in [-0.05, 0) is 19.1 Å². The summed E-state index contributed by atoms with van der Waals surface area (Å²) in [5.41, 5.74) is 6.94. The maximum Gasteiger partial charge on any atom is 0.347 e. The number of benzene rings is 1. The lowest BCUT2D eigenvalue weighted by atomic mass is 10.2. The summed E-state index contributed by atoms with van der Waals surface area (Å²) in [6.45, 7) is 1.80. The van der Waals surface area contributed by atoms with E-state index in [1.807, 2.05) is 0 Å². The van der Waals surface area contributed by atoms with Crippen LogP contribution in [0, 0.1) is 6.92 Å².